The van der Waals surface area contributed by atoms with Gasteiger partial charge in [-0.15, -0.1) is 0 Å². The lowest BCUT2D eigenvalue weighted by molar-refractivity contribution is 0.0563. The van der Waals surface area contributed by atoms with Crippen LogP contribution >= 0.6 is 11.6 Å². The van der Waals surface area contributed by atoms with Gasteiger partial charge < -0.3 is 9.47 Å². The second kappa shape index (κ2) is 7.08. The van der Waals surface area contributed by atoms with E-state index in [1.807, 2.05) is 54.6 Å². The fourth-order valence-corrected chi connectivity index (χ4v) is 3.41. The minimum Gasteiger partial charge on any atom is -0.495 e. The van der Waals surface area contributed by atoms with Gasteiger partial charge in [0.2, 0.25) is 0 Å². The highest BCUT2D eigenvalue weighted by Crippen LogP contribution is 2.45. The predicted molar refractivity (Wildman–Crippen MR) is 97.8 cm³/mol. The van der Waals surface area contributed by atoms with E-state index in [0.29, 0.717) is 10.8 Å². The van der Waals surface area contributed by atoms with Crippen molar-refractivity contribution in [1.82, 2.24) is 0 Å². The average Bonchev–Trinajstić information content (AvgIpc) is 2.65. The van der Waals surface area contributed by atoms with Crippen LogP contribution in [0.5, 0.6) is 5.75 Å². The van der Waals surface area contributed by atoms with Crippen molar-refractivity contribution in [2.75, 3.05) is 14.2 Å². The lowest BCUT2D eigenvalue weighted by Crippen LogP contribution is -2.32. The van der Waals surface area contributed by atoms with Gasteiger partial charge in [-0.2, -0.15) is 0 Å². The van der Waals surface area contributed by atoms with Crippen molar-refractivity contribution < 1.29 is 9.47 Å². The number of halogens is 1. The Morgan fingerprint density at radius 2 is 1.25 bits per heavy atom. The molecule has 0 fully saturated rings. The number of benzene rings is 3. The molecule has 0 saturated heterocycles. The second-order valence-electron chi connectivity index (χ2n) is 5.44. The molecule has 0 heterocycles. The van der Waals surface area contributed by atoms with Gasteiger partial charge in [-0.05, 0) is 17.2 Å². The van der Waals surface area contributed by atoms with Crippen LogP contribution in [0.3, 0.4) is 0 Å². The van der Waals surface area contributed by atoms with Crippen LogP contribution in [0.1, 0.15) is 16.7 Å². The van der Waals surface area contributed by atoms with E-state index in [2.05, 4.69) is 24.3 Å². The van der Waals surface area contributed by atoms with E-state index in [0.717, 1.165) is 16.7 Å². The molecule has 0 aliphatic carbocycles. The van der Waals surface area contributed by atoms with Gasteiger partial charge in [0.25, 0.3) is 0 Å². The molecule has 0 bridgehead atoms. The highest BCUT2D eigenvalue weighted by atomic mass is 35.5. The van der Waals surface area contributed by atoms with E-state index in [4.69, 9.17) is 21.1 Å². The standard InChI is InChI=1S/C21H19ClO2/c1-23-20-18(14-9-15-19(20)22)21(24-2,16-10-5-3-6-11-16)17-12-7-4-8-13-17/h3-15H,1-2H3. The van der Waals surface area contributed by atoms with Crippen LogP contribution in [-0.2, 0) is 10.3 Å². The third-order valence-corrected chi connectivity index (χ3v) is 4.51. The first-order valence-electron chi connectivity index (χ1n) is 7.73. The Bertz CT molecular complexity index is 761. The molecule has 3 aromatic carbocycles. The summed E-state index contributed by atoms with van der Waals surface area (Å²) in [5.74, 6) is 0.619. The summed E-state index contributed by atoms with van der Waals surface area (Å²) < 4.78 is 11.8. The van der Waals surface area contributed by atoms with E-state index < -0.39 is 5.60 Å². The molecule has 3 heteroatoms. The smallest absolute Gasteiger partial charge is 0.146 e. The third-order valence-electron chi connectivity index (χ3n) is 4.22. The highest BCUT2D eigenvalue weighted by molar-refractivity contribution is 6.32. The first-order valence-corrected chi connectivity index (χ1v) is 8.11. The van der Waals surface area contributed by atoms with Crippen LogP contribution in [-0.4, -0.2) is 14.2 Å². The molecule has 0 amide bonds. The van der Waals surface area contributed by atoms with Gasteiger partial charge >= 0.3 is 0 Å². The second-order valence-corrected chi connectivity index (χ2v) is 5.85. The normalized spacial score (nSPS) is 11.3. The summed E-state index contributed by atoms with van der Waals surface area (Å²) in [4.78, 5) is 0. The molecular formula is C21H19ClO2. The molecule has 3 rings (SSSR count). The van der Waals surface area contributed by atoms with Crippen molar-refractivity contribution in [2.45, 2.75) is 5.60 Å². The fourth-order valence-electron chi connectivity index (χ4n) is 3.16. The molecule has 0 aliphatic rings. The molecule has 2 nitrogen and oxygen atoms in total. The van der Waals surface area contributed by atoms with Gasteiger partial charge in [0.1, 0.15) is 11.4 Å². The number of rotatable bonds is 5. The number of hydrogen-bond donors (Lipinski definition) is 0. The maximum atomic E-state index is 6.39. The molecule has 0 atom stereocenters. The van der Waals surface area contributed by atoms with Crippen LogP contribution in [0.15, 0.2) is 78.9 Å². The maximum absolute atomic E-state index is 6.39. The number of methoxy groups -OCH3 is 2. The lowest BCUT2D eigenvalue weighted by atomic mass is 9.79. The van der Waals surface area contributed by atoms with Crippen molar-refractivity contribution in [2.24, 2.45) is 0 Å². The Labute approximate surface area is 147 Å². The topological polar surface area (TPSA) is 18.5 Å². The molecule has 0 aliphatic heterocycles. The Morgan fingerprint density at radius 1 is 0.708 bits per heavy atom. The maximum Gasteiger partial charge on any atom is 0.146 e. The zero-order chi connectivity index (χ0) is 17.0. The molecule has 0 saturated carbocycles. The molecule has 0 spiro atoms. The molecular weight excluding hydrogens is 320 g/mol. The molecule has 0 aromatic heterocycles. The largest absolute Gasteiger partial charge is 0.495 e. The Morgan fingerprint density at radius 3 is 1.71 bits per heavy atom. The van der Waals surface area contributed by atoms with Crippen molar-refractivity contribution >= 4 is 11.6 Å². The molecule has 0 radical (unpaired) electrons. The number of ether oxygens (including phenoxy) is 2. The van der Waals surface area contributed by atoms with Crippen LogP contribution in [0.25, 0.3) is 0 Å². The molecule has 24 heavy (non-hydrogen) atoms. The summed E-state index contributed by atoms with van der Waals surface area (Å²) in [6.07, 6.45) is 0. The monoisotopic (exact) mass is 338 g/mol. The van der Waals surface area contributed by atoms with Crippen LogP contribution < -0.4 is 4.74 Å². The zero-order valence-electron chi connectivity index (χ0n) is 13.7. The van der Waals surface area contributed by atoms with E-state index >= 15 is 0 Å². The fraction of sp³-hybridized carbons (Fsp3) is 0.143. The molecule has 122 valence electrons. The minimum absolute atomic E-state index is 0.559. The van der Waals surface area contributed by atoms with Crippen LogP contribution in [0.4, 0.5) is 0 Å². The van der Waals surface area contributed by atoms with Crippen molar-refractivity contribution in [3.63, 3.8) is 0 Å². The summed E-state index contributed by atoms with van der Waals surface area (Å²) in [5, 5.41) is 0.559. The van der Waals surface area contributed by atoms with Crippen molar-refractivity contribution in [3.8, 4) is 5.75 Å². The van der Waals surface area contributed by atoms with E-state index in [9.17, 15) is 0 Å². The van der Waals surface area contributed by atoms with Gasteiger partial charge in [0.15, 0.2) is 0 Å². The lowest BCUT2D eigenvalue weighted by Gasteiger charge is -2.35. The first-order chi connectivity index (χ1) is 11.7. The Balaban J connectivity index is 2.38. The van der Waals surface area contributed by atoms with Crippen LogP contribution in [0, 0.1) is 0 Å². The molecule has 0 N–H and O–H groups in total. The van der Waals surface area contributed by atoms with E-state index in [-0.39, 0.29) is 0 Å². The van der Waals surface area contributed by atoms with E-state index in [1.54, 1.807) is 14.2 Å². The Hall–Kier alpha value is -2.29. The van der Waals surface area contributed by atoms with Gasteiger partial charge in [-0.25, -0.2) is 0 Å². The first kappa shape index (κ1) is 16.6. The average molecular weight is 339 g/mol. The van der Waals surface area contributed by atoms with Gasteiger partial charge in [-0.1, -0.05) is 84.4 Å². The summed E-state index contributed by atoms with van der Waals surface area (Å²) in [5.41, 5.74) is 2.09. The van der Waals surface area contributed by atoms with Gasteiger partial charge in [0, 0.05) is 12.7 Å². The minimum atomic E-state index is -0.807. The van der Waals surface area contributed by atoms with E-state index in [1.165, 1.54) is 0 Å². The third kappa shape index (κ3) is 2.68. The summed E-state index contributed by atoms with van der Waals surface area (Å²) >= 11 is 6.39. The van der Waals surface area contributed by atoms with Crippen molar-refractivity contribution in [3.05, 3.63) is 101 Å². The van der Waals surface area contributed by atoms with Crippen LogP contribution in [0.2, 0.25) is 5.02 Å². The zero-order valence-corrected chi connectivity index (χ0v) is 14.5. The van der Waals surface area contributed by atoms with Crippen molar-refractivity contribution in [1.29, 1.82) is 0 Å². The SMILES string of the molecule is COc1c(Cl)cccc1C(OC)(c1ccccc1)c1ccccc1. The van der Waals surface area contributed by atoms with Gasteiger partial charge in [0.05, 0.1) is 12.1 Å². The quantitative estimate of drug-likeness (QED) is 0.589. The Kier molecular flexibility index (Phi) is 4.89. The summed E-state index contributed by atoms with van der Waals surface area (Å²) in [7, 11) is 3.33. The molecule has 3 aromatic rings. The summed E-state index contributed by atoms with van der Waals surface area (Å²) in [6, 6.07) is 25.9. The van der Waals surface area contributed by atoms with Gasteiger partial charge in [-0.3, -0.25) is 0 Å². The predicted octanol–water partition coefficient (Wildman–Crippen LogP) is 5.29. The molecule has 0 unspecified atom stereocenters. The summed E-state index contributed by atoms with van der Waals surface area (Å²) in [6.45, 7) is 0. The number of para-hydroxylation sites is 1. The number of hydrogen-bond acceptors (Lipinski definition) is 2. The highest BCUT2D eigenvalue weighted by Gasteiger charge is 2.39.